The third-order valence-corrected chi connectivity index (χ3v) is 5.74. The molecule has 0 aliphatic rings. The highest BCUT2D eigenvalue weighted by molar-refractivity contribution is 5.50. The minimum atomic E-state index is 0.350. The van der Waals surface area contributed by atoms with Crippen molar-refractivity contribution in [2.75, 3.05) is 0 Å². The second kappa shape index (κ2) is 7.71. The Balaban J connectivity index is 1.96. The lowest BCUT2D eigenvalue weighted by Crippen LogP contribution is -1.98. The van der Waals surface area contributed by atoms with Crippen LogP contribution in [-0.2, 0) is 12.8 Å². The molecule has 2 N–H and O–H groups in total. The lowest BCUT2D eigenvalue weighted by molar-refractivity contribution is 0.463. The van der Waals surface area contributed by atoms with Gasteiger partial charge in [0.25, 0.3) is 0 Å². The van der Waals surface area contributed by atoms with E-state index in [1.54, 1.807) is 0 Å². The van der Waals surface area contributed by atoms with Gasteiger partial charge in [0.2, 0.25) is 0 Å². The highest BCUT2D eigenvalue weighted by Crippen LogP contribution is 2.31. The summed E-state index contributed by atoms with van der Waals surface area (Å²) in [5, 5.41) is 21.0. The number of aromatic hydroxyl groups is 2. The Bertz CT molecular complexity index is 918. The number of benzene rings is 3. The summed E-state index contributed by atoms with van der Waals surface area (Å²) < 4.78 is 0. The quantitative estimate of drug-likeness (QED) is 0.577. The Morgan fingerprint density at radius 3 is 1.36 bits per heavy atom. The molecular weight excluding hydrogens is 344 g/mol. The van der Waals surface area contributed by atoms with E-state index in [9.17, 15) is 10.2 Å². The van der Waals surface area contributed by atoms with Gasteiger partial charge in [-0.05, 0) is 91.6 Å². The van der Waals surface area contributed by atoms with Crippen LogP contribution < -0.4 is 0 Å². The molecule has 0 saturated heterocycles. The molecule has 0 fully saturated rings. The van der Waals surface area contributed by atoms with Crippen molar-refractivity contribution in [3.63, 3.8) is 0 Å². The smallest absolute Gasteiger partial charge is 0.122 e. The van der Waals surface area contributed by atoms with Crippen LogP contribution in [0.5, 0.6) is 11.5 Å². The van der Waals surface area contributed by atoms with Crippen molar-refractivity contribution in [1.82, 2.24) is 0 Å². The Morgan fingerprint density at radius 1 is 0.536 bits per heavy atom. The molecule has 0 unspecified atom stereocenters. The van der Waals surface area contributed by atoms with E-state index in [2.05, 4.69) is 52.0 Å². The van der Waals surface area contributed by atoms with Gasteiger partial charge in [-0.3, -0.25) is 0 Å². The van der Waals surface area contributed by atoms with Crippen LogP contribution in [0.4, 0.5) is 0 Å². The third kappa shape index (κ3) is 4.06. The summed E-state index contributed by atoms with van der Waals surface area (Å²) in [6.45, 7) is 12.3. The first-order chi connectivity index (χ1) is 13.2. The summed E-state index contributed by atoms with van der Waals surface area (Å²) in [7, 11) is 0. The van der Waals surface area contributed by atoms with Crippen LogP contribution in [-0.4, -0.2) is 10.2 Å². The van der Waals surface area contributed by atoms with E-state index in [0.29, 0.717) is 17.9 Å². The molecule has 0 radical (unpaired) electrons. The minimum Gasteiger partial charge on any atom is -0.507 e. The predicted molar refractivity (Wildman–Crippen MR) is 117 cm³/mol. The van der Waals surface area contributed by atoms with E-state index >= 15 is 0 Å². The van der Waals surface area contributed by atoms with Crippen molar-refractivity contribution in [1.29, 1.82) is 0 Å². The van der Waals surface area contributed by atoms with Gasteiger partial charge in [0.1, 0.15) is 11.5 Å². The van der Waals surface area contributed by atoms with E-state index in [4.69, 9.17) is 0 Å². The minimum absolute atomic E-state index is 0.350. The van der Waals surface area contributed by atoms with Crippen LogP contribution in [0.15, 0.2) is 36.4 Å². The van der Waals surface area contributed by atoms with Gasteiger partial charge in [0.15, 0.2) is 0 Å². The predicted octanol–water partition coefficient (Wildman–Crippen LogP) is 6.13. The highest BCUT2D eigenvalue weighted by atomic mass is 16.3. The standard InChI is InChI=1S/C26H30O2/c1-15-7-23(13-21-9-16(2)20(6)17(3)10-21)26(28)24(8-15)14-22-11-18(4)25(27)19(5)12-22/h7-12,27-28H,13-14H2,1-6H3. The summed E-state index contributed by atoms with van der Waals surface area (Å²) >= 11 is 0. The lowest BCUT2D eigenvalue weighted by atomic mass is 9.92. The van der Waals surface area contributed by atoms with Gasteiger partial charge in [-0.1, -0.05) is 42.0 Å². The van der Waals surface area contributed by atoms with Crippen LogP contribution in [0.1, 0.15) is 55.6 Å². The summed E-state index contributed by atoms with van der Waals surface area (Å²) in [6, 6.07) is 12.6. The van der Waals surface area contributed by atoms with Gasteiger partial charge in [-0.25, -0.2) is 0 Å². The molecular formula is C26H30O2. The van der Waals surface area contributed by atoms with Crippen molar-refractivity contribution >= 4 is 0 Å². The maximum absolute atomic E-state index is 11.0. The number of hydrogen-bond donors (Lipinski definition) is 2. The van der Waals surface area contributed by atoms with Crippen molar-refractivity contribution < 1.29 is 10.2 Å². The molecule has 28 heavy (non-hydrogen) atoms. The van der Waals surface area contributed by atoms with Crippen LogP contribution in [0.2, 0.25) is 0 Å². The second-order valence-electron chi connectivity index (χ2n) is 8.22. The van der Waals surface area contributed by atoms with Gasteiger partial charge in [-0.2, -0.15) is 0 Å². The fraction of sp³-hybridized carbons (Fsp3) is 0.308. The first-order valence-electron chi connectivity index (χ1n) is 9.83. The molecule has 0 bridgehead atoms. The Hall–Kier alpha value is -2.74. The normalized spacial score (nSPS) is 11.1. The molecule has 0 aliphatic carbocycles. The molecule has 2 heteroatoms. The molecule has 3 aromatic rings. The fourth-order valence-electron chi connectivity index (χ4n) is 4.02. The topological polar surface area (TPSA) is 40.5 Å². The van der Waals surface area contributed by atoms with Crippen molar-refractivity contribution in [3.05, 3.63) is 92.0 Å². The average Bonchev–Trinajstić information content (AvgIpc) is 2.61. The van der Waals surface area contributed by atoms with Gasteiger partial charge in [0, 0.05) is 12.8 Å². The molecule has 0 aliphatic heterocycles. The Kier molecular flexibility index (Phi) is 5.51. The molecule has 0 heterocycles. The number of aryl methyl sites for hydroxylation is 5. The maximum Gasteiger partial charge on any atom is 0.122 e. The molecule has 3 rings (SSSR count). The number of hydrogen-bond acceptors (Lipinski definition) is 2. The monoisotopic (exact) mass is 374 g/mol. The van der Waals surface area contributed by atoms with E-state index in [1.807, 2.05) is 26.0 Å². The Labute approximate surface area is 168 Å². The van der Waals surface area contributed by atoms with Crippen molar-refractivity contribution in [3.8, 4) is 11.5 Å². The van der Waals surface area contributed by atoms with Crippen LogP contribution in [0.25, 0.3) is 0 Å². The summed E-state index contributed by atoms with van der Waals surface area (Å²) in [6.07, 6.45) is 1.37. The van der Waals surface area contributed by atoms with Crippen molar-refractivity contribution in [2.24, 2.45) is 0 Å². The fourth-order valence-corrected chi connectivity index (χ4v) is 4.02. The van der Waals surface area contributed by atoms with E-state index in [0.717, 1.165) is 39.8 Å². The summed E-state index contributed by atoms with van der Waals surface area (Å²) in [5.74, 6) is 0.730. The van der Waals surface area contributed by atoms with Gasteiger partial charge in [-0.15, -0.1) is 0 Å². The van der Waals surface area contributed by atoms with Crippen LogP contribution >= 0.6 is 0 Å². The van der Waals surface area contributed by atoms with E-state index in [1.165, 1.54) is 22.3 Å². The van der Waals surface area contributed by atoms with Crippen molar-refractivity contribution in [2.45, 2.75) is 54.4 Å². The Morgan fingerprint density at radius 2 is 0.929 bits per heavy atom. The largest absolute Gasteiger partial charge is 0.507 e. The molecule has 0 aromatic heterocycles. The zero-order chi connectivity index (χ0) is 20.6. The maximum atomic E-state index is 11.0. The van der Waals surface area contributed by atoms with Gasteiger partial charge >= 0.3 is 0 Å². The molecule has 3 aromatic carbocycles. The molecule has 0 spiro atoms. The first-order valence-corrected chi connectivity index (χ1v) is 9.83. The average molecular weight is 375 g/mol. The molecule has 0 atom stereocenters. The molecule has 146 valence electrons. The lowest BCUT2D eigenvalue weighted by Gasteiger charge is -2.15. The zero-order valence-electron chi connectivity index (χ0n) is 17.8. The molecule has 0 saturated carbocycles. The SMILES string of the molecule is Cc1cc(Cc2cc(C)c(C)c(C)c2)c(O)c(Cc2cc(C)c(O)c(C)c2)c1. The second-order valence-corrected chi connectivity index (χ2v) is 8.22. The van der Waals surface area contributed by atoms with Gasteiger partial charge < -0.3 is 10.2 Å². The van der Waals surface area contributed by atoms with Crippen LogP contribution in [0.3, 0.4) is 0 Å². The third-order valence-electron chi connectivity index (χ3n) is 5.74. The summed E-state index contributed by atoms with van der Waals surface area (Å²) in [5.41, 5.74) is 11.0. The zero-order valence-corrected chi connectivity index (χ0v) is 17.8. The van der Waals surface area contributed by atoms with Gasteiger partial charge in [0.05, 0.1) is 0 Å². The first kappa shape index (κ1) is 20.0. The number of rotatable bonds is 4. The van der Waals surface area contributed by atoms with E-state index in [-0.39, 0.29) is 0 Å². The molecule has 2 nitrogen and oxygen atoms in total. The number of phenols is 2. The van der Waals surface area contributed by atoms with Crippen LogP contribution in [0, 0.1) is 41.5 Å². The number of phenolic OH excluding ortho intramolecular Hbond substituents is 2. The van der Waals surface area contributed by atoms with E-state index < -0.39 is 0 Å². The molecule has 0 amide bonds. The highest BCUT2D eigenvalue weighted by Gasteiger charge is 2.13. The summed E-state index contributed by atoms with van der Waals surface area (Å²) in [4.78, 5) is 0.